The Bertz CT molecular complexity index is 617. The van der Waals surface area contributed by atoms with Crippen LogP contribution in [0.1, 0.15) is 35.7 Å². The molecular formula is C15H17N3O3. The van der Waals surface area contributed by atoms with Gasteiger partial charge in [0, 0.05) is 43.2 Å². The zero-order valence-electron chi connectivity index (χ0n) is 11.8. The summed E-state index contributed by atoms with van der Waals surface area (Å²) < 4.78 is 0. The zero-order valence-corrected chi connectivity index (χ0v) is 11.8. The van der Waals surface area contributed by atoms with Crippen LogP contribution in [0.3, 0.4) is 0 Å². The Labute approximate surface area is 122 Å². The number of nitrogens with zero attached hydrogens (tertiary/aromatic N) is 1. The Morgan fingerprint density at radius 3 is 2.86 bits per heavy atom. The van der Waals surface area contributed by atoms with E-state index in [1.54, 1.807) is 23.1 Å². The van der Waals surface area contributed by atoms with Crippen molar-refractivity contribution in [2.75, 3.05) is 11.9 Å². The molecule has 6 heteroatoms. The number of fused-ring (bicyclic) bond motifs is 1. The van der Waals surface area contributed by atoms with E-state index >= 15 is 0 Å². The molecule has 2 heterocycles. The number of carbonyl (C=O) groups is 3. The van der Waals surface area contributed by atoms with Crippen molar-refractivity contribution in [3.63, 3.8) is 0 Å². The molecule has 2 aliphatic rings. The molecule has 0 radical (unpaired) electrons. The molecule has 1 saturated heterocycles. The van der Waals surface area contributed by atoms with E-state index in [1.807, 2.05) is 0 Å². The van der Waals surface area contributed by atoms with E-state index in [4.69, 9.17) is 0 Å². The van der Waals surface area contributed by atoms with Crippen LogP contribution in [-0.2, 0) is 16.1 Å². The summed E-state index contributed by atoms with van der Waals surface area (Å²) in [5.41, 5.74) is 2.18. The molecule has 3 amide bonds. The minimum atomic E-state index is -0.153. The molecule has 0 aliphatic carbocycles. The first-order chi connectivity index (χ1) is 10.1. The standard InChI is InChI=1S/C15H17N3O3/c1-9(19)17-13-4-2-3-11-12(13)8-18(15(11)21)10-5-6-14(20)16-7-10/h2-4,10H,5-8H2,1H3,(H,16,20)(H,17,19). The third-order valence-corrected chi connectivity index (χ3v) is 3.99. The molecule has 0 bridgehead atoms. The number of hydrogen-bond acceptors (Lipinski definition) is 3. The van der Waals surface area contributed by atoms with Gasteiger partial charge in [-0.2, -0.15) is 0 Å². The Morgan fingerprint density at radius 1 is 1.38 bits per heavy atom. The fourth-order valence-electron chi connectivity index (χ4n) is 2.94. The lowest BCUT2D eigenvalue weighted by Gasteiger charge is -2.31. The van der Waals surface area contributed by atoms with Crippen molar-refractivity contribution < 1.29 is 14.4 Å². The van der Waals surface area contributed by atoms with Gasteiger partial charge in [-0.15, -0.1) is 0 Å². The summed E-state index contributed by atoms with van der Waals surface area (Å²) >= 11 is 0. The number of nitrogens with one attached hydrogen (secondary N) is 2. The molecule has 1 atom stereocenters. The van der Waals surface area contributed by atoms with Crippen molar-refractivity contribution in [2.24, 2.45) is 0 Å². The first kappa shape index (κ1) is 13.6. The van der Waals surface area contributed by atoms with Gasteiger partial charge in [-0.1, -0.05) is 6.07 Å². The highest BCUT2D eigenvalue weighted by molar-refractivity contribution is 6.02. The third-order valence-electron chi connectivity index (χ3n) is 3.99. The van der Waals surface area contributed by atoms with Gasteiger partial charge in [0.15, 0.2) is 0 Å². The lowest BCUT2D eigenvalue weighted by molar-refractivity contribution is -0.123. The second-order valence-electron chi connectivity index (χ2n) is 5.44. The van der Waals surface area contributed by atoms with Crippen LogP contribution in [0, 0.1) is 0 Å². The zero-order chi connectivity index (χ0) is 15.0. The molecule has 2 aliphatic heterocycles. The summed E-state index contributed by atoms with van der Waals surface area (Å²) in [6.45, 7) is 2.42. The topological polar surface area (TPSA) is 78.5 Å². The highest BCUT2D eigenvalue weighted by Crippen LogP contribution is 2.31. The summed E-state index contributed by atoms with van der Waals surface area (Å²) in [7, 11) is 0. The van der Waals surface area contributed by atoms with Crippen LogP contribution in [0.15, 0.2) is 18.2 Å². The van der Waals surface area contributed by atoms with E-state index in [2.05, 4.69) is 10.6 Å². The Morgan fingerprint density at radius 2 is 2.19 bits per heavy atom. The molecule has 3 rings (SSSR count). The molecule has 1 unspecified atom stereocenters. The van der Waals surface area contributed by atoms with E-state index in [0.29, 0.717) is 37.2 Å². The van der Waals surface area contributed by atoms with Crippen LogP contribution in [0.25, 0.3) is 0 Å². The van der Waals surface area contributed by atoms with Crippen molar-refractivity contribution >= 4 is 23.4 Å². The van der Waals surface area contributed by atoms with Crippen molar-refractivity contribution in [3.05, 3.63) is 29.3 Å². The molecule has 0 saturated carbocycles. The summed E-state index contributed by atoms with van der Waals surface area (Å²) in [5.74, 6) is -0.146. The van der Waals surface area contributed by atoms with E-state index in [-0.39, 0.29) is 23.8 Å². The van der Waals surface area contributed by atoms with E-state index in [9.17, 15) is 14.4 Å². The van der Waals surface area contributed by atoms with Crippen LogP contribution in [-0.4, -0.2) is 35.2 Å². The number of hydrogen-bond donors (Lipinski definition) is 2. The summed E-state index contributed by atoms with van der Waals surface area (Å²) in [6.07, 6.45) is 1.13. The normalized spacial score (nSPS) is 21.0. The maximum absolute atomic E-state index is 12.5. The molecule has 2 N–H and O–H groups in total. The van der Waals surface area contributed by atoms with Gasteiger partial charge < -0.3 is 15.5 Å². The summed E-state index contributed by atoms with van der Waals surface area (Å²) in [4.78, 5) is 36.8. The second kappa shape index (κ2) is 5.20. The first-order valence-corrected chi connectivity index (χ1v) is 7.03. The maximum Gasteiger partial charge on any atom is 0.254 e. The monoisotopic (exact) mass is 287 g/mol. The van der Waals surface area contributed by atoms with Gasteiger partial charge in [0.25, 0.3) is 5.91 Å². The van der Waals surface area contributed by atoms with Gasteiger partial charge in [0.2, 0.25) is 11.8 Å². The van der Waals surface area contributed by atoms with E-state index in [1.165, 1.54) is 6.92 Å². The van der Waals surface area contributed by atoms with Crippen LogP contribution in [0.2, 0.25) is 0 Å². The summed E-state index contributed by atoms with van der Waals surface area (Å²) in [6, 6.07) is 5.38. The number of anilines is 1. The van der Waals surface area contributed by atoms with Gasteiger partial charge in [0.1, 0.15) is 0 Å². The molecule has 1 aromatic rings. The first-order valence-electron chi connectivity index (χ1n) is 7.03. The highest BCUT2D eigenvalue weighted by atomic mass is 16.2. The number of carbonyl (C=O) groups excluding carboxylic acids is 3. The van der Waals surface area contributed by atoms with Crippen molar-refractivity contribution in [2.45, 2.75) is 32.4 Å². The summed E-state index contributed by atoms with van der Waals surface area (Å²) in [5, 5.41) is 5.57. The lowest BCUT2D eigenvalue weighted by Crippen LogP contribution is -2.48. The lowest BCUT2D eigenvalue weighted by atomic mass is 10.1. The third kappa shape index (κ3) is 2.49. The maximum atomic E-state index is 12.5. The van der Waals surface area contributed by atoms with Crippen molar-refractivity contribution in [3.8, 4) is 0 Å². The number of piperidine rings is 1. The minimum Gasteiger partial charge on any atom is -0.354 e. The SMILES string of the molecule is CC(=O)Nc1cccc2c1CN(C1CCC(=O)NC1)C2=O. The average Bonchev–Trinajstić information content (AvgIpc) is 2.78. The fourth-order valence-corrected chi connectivity index (χ4v) is 2.94. The largest absolute Gasteiger partial charge is 0.354 e. The molecule has 21 heavy (non-hydrogen) atoms. The van der Waals surface area contributed by atoms with Crippen LogP contribution in [0.5, 0.6) is 0 Å². The van der Waals surface area contributed by atoms with E-state index in [0.717, 1.165) is 5.56 Å². The number of amides is 3. The Balaban J connectivity index is 1.84. The molecular weight excluding hydrogens is 270 g/mol. The van der Waals surface area contributed by atoms with Crippen molar-refractivity contribution in [1.82, 2.24) is 10.2 Å². The molecule has 1 aromatic carbocycles. The van der Waals surface area contributed by atoms with E-state index < -0.39 is 0 Å². The average molecular weight is 287 g/mol. The predicted octanol–water partition coefficient (Wildman–Crippen LogP) is 0.879. The quantitative estimate of drug-likeness (QED) is 0.847. The molecule has 110 valence electrons. The van der Waals surface area contributed by atoms with Crippen molar-refractivity contribution in [1.29, 1.82) is 0 Å². The van der Waals surface area contributed by atoms with Gasteiger partial charge in [-0.05, 0) is 18.6 Å². The molecule has 1 fully saturated rings. The Kier molecular flexibility index (Phi) is 3.37. The highest BCUT2D eigenvalue weighted by Gasteiger charge is 2.35. The number of benzene rings is 1. The van der Waals surface area contributed by atoms with Crippen LogP contribution in [0.4, 0.5) is 5.69 Å². The van der Waals surface area contributed by atoms with Gasteiger partial charge in [-0.25, -0.2) is 0 Å². The Hall–Kier alpha value is -2.37. The van der Waals surface area contributed by atoms with Gasteiger partial charge in [-0.3, -0.25) is 14.4 Å². The van der Waals surface area contributed by atoms with Gasteiger partial charge >= 0.3 is 0 Å². The number of rotatable bonds is 2. The van der Waals surface area contributed by atoms with Gasteiger partial charge in [0.05, 0.1) is 6.04 Å². The predicted molar refractivity (Wildman–Crippen MR) is 76.7 cm³/mol. The smallest absolute Gasteiger partial charge is 0.254 e. The van der Waals surface area contributed by atoms with Crippen LogP contribution >= 0.6 is 0 Å². The molecule has 0 spiro atoms. The molecule has 6 nitrogen and oxygen atoms in total. The minimum absolute atomic E-state index is 0.0211. The molecule has 0 aromatic heterocycles. The second-order valence-corrected chi connectivity index (χ2v) is 5.44. The van der Waals surface area contributed by atoms with Crippen LogP contribution < -0.4 is 10.6 Å². The fraction of sp³-hybridized carbons (Fsp3) is 0.400.